The molecule has 104 valence electrons. The van der Waals surface area contributed by atoms with E-state index in [1.165, 1.54) is 9.75 Å². The number of thiophene rings is 1. The van der Waals surface area contributed by atoms with Crippen LogP contribution >= 0.6 is 22.7 Å². The minimum Gasteiger partial charge on any atom is -0.348 e. The normalized spacial score (nSPS) is 14.4. The number of hydrogen-bond donors (Lipinski definition) is 1. The highest BCUT2D eigenvalue weighted by molar-refractivity contribution is 7.15. The van der Waals surface area contributed by atoms with Crippen LogP contribution in [0.25, 0.3) is 0 Å². The van der Waals surface area contributed by atoms with E-state index in [2.05, 4.69) is 41.4 Å². The molecule has 0 bridgehead atoms. The summed E-state index contributed by atoms with van der Waals surface area (Å²) in [5.74, 6) is 0. The van der Waals surface area contributed by atoms with Crippen molar-refractivity contribution in [2.75, 3.05) is 11.9 Å². The van der Waals surface area contributed by atoms with Gasteiger partial charge in [0.05, 0.1) is 5.69 Å². The van der Waals surface area contributed by atoms with Gasteiger partial charge in [-0.3, -0.25) is 0 Å². The van der Waals surface area contributed by atoms with E-state index >= 15 is 0 Å². The predicted octanol–water partition coefficient (Wildman–Crippen LogP) is 3.60. The van der Waals surface area contributed by atoms with Crippen molar-refractivity contribution in [3.8, 4) is 0 Å². The number of aryl methyl sites for hydroxylation is 1. The SMILES string of the molecule is Cc1nc(N(C)C(C)Cc2cccs2)sc1C(C)N. The van der Waals surface area contributed by atoms with Gasteiger partial charge < -0.3 is 10.6 Å². The quantitative estimate of drug-likeness (QED) is 0.916. The van der Waals surface area contributed by atoms with Crippen LogP contribution in [-0.4, -0.2) is 18.1 Å². The molecule has 0 saturated carbocycles. The molecule has 3 nitrogen and oxygen atoms in total. The van der Waals surface area contributed by atoms with Crippen molar-refractivity contribution in [1.82, 2.24) is 4.98 Å². The highest BCUT2D eigenvalue weighted by atomic mass is 32.1. The van der Waals surface area contributed by atoms with Crippen LogP contribution in [0.1, 0.15) is 35.3 Å². The predicted molar refractivity (Wildman–Crippen MR) is 85.3 cm³/mol. The van der Waals surface area contributed by atoms with Crippen molar-refractivity contribution in [1.29, 1.82) is 0 Å². The third-order valence-electron chi connectivity index (χ3n) is 3.27. The fraction of sp³-hybridized carbons (Fsp3) is 0.500. The lowest BCUT2D eigenvalue weighted by atomic mass is 10.2. The van der Waals surface area contributed by atoms with Crippen LogP contribution in [0, 0.1) is 6.92 Å². The summed E-state index contributed by atoms with van der Waals surface area (Å²) in [5, 5.41) is 3.19. The fourth-order valence-corrected chi connectivity index (χ4v) is 3.92. The van der Waals surface area contributed by atoms with Crippen LogP contribution in [-0.2, 0) is 6.42 Å². The first-order valence-electron chi connectivity index (χ1n) is 6.47. The van der Waals surface area contributed by atoms with Gasteiger partial charge in [-0.05, 0) is 32.2 Å². The lowest BCUT2D eigenvalue weighted by molar-refractivity contribution is 0.685. The molecular weight excluding hydrogens is 274 g/mol. The smallest absolute Gasteiger partial charge is 0.185 e. The number of rotatable bonds is 5. The van der Waals surface area contributed by atoms with Gasteiger partial charge in [0.25, 0.3) is 0 Å². The summed E-state index contributed by atoms with van der Waals surface area (Å²) in [4.78, 5) is 9.51. The molecule has 0 fully saturated rings. The number of likely N-dealkylation sites (N-methyl/N-ethyl adjacent to an activating group) is 1. The molecule has 0 aliphatic heterocycles. The van der Waals surface area contributed by atoms with E-state index in [9.17, 15) is 0 Å². The zero-order chi connectivity index (χ0) is 14.0. The third kappa shape index (κ3) is 3.35. The van der Waals surface area contributed by atoms with Gasteiger partial charge in [-0.25, -0.2) is 4.98 Å². The molecule has 0 saturated heterocycles. The second kappa shape index (κ2) is 6.03. The zero-order valence-corrected chi connectivity index (χ0v) is 13.5. The molecule has 0 aliphatic carbocycles. The first-order valence-corrected chi connectivity index (χ1v) is 8.16. The van der Waals surface area contributed by atoms with Crippen molar-refractivity contribution in [3.63, 3.8) is 0 Å². The zero-order valence-electron chi connectivity index (χ0n) is 11.9. The largest absolute Gasteiger partial charge is 0.348 e. The Morgan fingerprint density at radius 3 is 2.68 bits per heavy atom. The summed E-state index contributed by atoms with van der Waals surface area (Å²) in [6.07, 6.45) is 1.06. The van der Waals surface area contributed by atoms with E-state index in [0.29, 0.717) is 6.04 Å². The summed E-state index contributed by atoms with van der Waals surface area (Å²) in [7, 11) is 2.11. The van der Waals surface area contributed by atoms with E-state index in [-0.39, 0.29) is 6.04 Å². The number of nitrogens with two attached hydrogens (primary N) is 1. The highest BCUT2D eigenvalue weighted by Gasteiger charge is 2.18. The maximum Gasteiger partial charge on any atom is 0.185 e. The summed E-state index contributed by atoms with van der Waals surface area (Å²) in [5.41, 5.74) is 7.03. The maximum absolute atomic E-state index is 5.97. The molecule has 0 amide bonds. The van der Waals surface area contributed by atoms with E-state index < -0.39 is 0 Å². The highest BCUT2D eigenvalue weighted by Crippen LogP contribution is 2.30. The van der Waals surface area contributed by atoms with Gasteiger partial charge in [-0.15, -0.1) is 22.7 Å². The average molecular weight is 295 g/mol. The van der Waals surface area contributed by atoms with Crippen molar-refractivity contribution in [3.05, 3.63) is 33.0 Å². The maximum atomic E-state index is 5.97. The van der Waals surface area contributed by atoms with E-state index in [1.54, 1.807) is 11.3 Å². The number of hydrogen-bond acceptors (Lipinski definition) is 5. The Balaban J connectivity index is 2.10. The standard InChI is InChI=1S/C14H21N3S2/c1-9(8-12-6-5-7-18-12)17(4)14-16-11(3)13(19-14)10(2)15/h5-7,9-10H,8,15H2,1-4H3. The molecular formula is C14H21N3S2. The van der Waals surface area contributed by atoms with Gasteiger partial charge in [0.15, 0.2) is 5.13 Å². The molecule has 0 spiro atoms. The minimum atomic E-state index is 0.0623. The van der Waals surface area contributed by atoms with Crippen LogP contribution in [0.15, 0.2) is 17.5 Å². The molecule has 0 aromatic carbocycles. The minimum absolute atomic E-state index is 0.0623. The van der Waals surface area contributed by atoms with Crippen molar-refractivity contribution in [2.45, 2.75) is 39.3 Å². The van der Waals surface area contributed by atoms with Gasteiger partial charge in [-0.2, -0.15) is 0 Å². The fourth-order valence-electron chi connectivity index (χ4n) is 2.01. The van der Waals surface area contributed by atoms with Gasteiger partial charge in [0.1, 0.15) is 0 Å². The van der Waals surface area contributed by atoms with E-state index in [1.807, 2.05) is 25.2 Å². The number of nitrogens with zero attached hydrogens (tertiary/aromatic N) is 2. The number of thiazole rings is 1. The van der Waals surface area contributed by atoms with Gasteiger partial charge in [0, 0.05) is 35.3 Å². The van der Waals surface area contributed by atoms with E-state index in [0.717, 1.165) is 17.2 Å². The van der Waals surface area contributed by atoms with Crippen LogP contribution in [0.2, 0.25) is 0 Å². The lowest BCUT2D eigenvalue weighted by Crippen LogP contribution is -2.30. The van der Waals surface area contributed by atoms with Crippen molar-refractivity contribution in [2.24, 2.45) is 5.73 Å². The summed E-state index contributed by atoms with van der Waals surface area (Å²) >= 11 is 3.52. The third-order valence-corrected chi connectivity index (χ3v) is 5.62. The Labute approximate surface area is 123 Å². The molecule has 2 heterocycles. The Morgan fingerprint density at radius 2 is 2.16 bits per heavy atom. The number of aromatic nitrogens is 1. The van der Waals surface area contributed by atoms with Gasteiger partial charge in [0.2, 0.25) is 0 Å². The van der Waals surface area contributed by atoms with Crippen LogP contribution in [0.5, 0.6) is 0 Å². The lowest BCUT2D eigenvalue weighted by Gasteiger charge is -2.23. The Hall–Kier alpha value is -0.910. The van der Waals surface area contributed by atoms with E-state index in [4.69, 9.17) is 5.73 Å². The van der Waals surface area contributed by atoms with Gasteiger partial charge >= 0.3 is 0 Å². The molecule has 5 heteroatoms. The Morgan fingerprint density at radius 1 is 1.42 bits per heavy atom. The molecule has 2 atom stereocenters. The van der Waals surface area contributed by atoms with Crippen molar-refractivity contribution >= 4 is 27.8 Å². The number of anilines is 1. The first-order chi connectivity index (χ1) is 8.99. The molecule has 2 N–H and O–H groups in total. The second-order valence-electron chi connectivity index (χ2n) is 4.98. The molecule has 0 radical (unpaired) electrons. The topological polar surface area (TPSA) is 42.2 Å². The van der Waals surface area contributed by atoms with Crippen LogP contribution < -0.4 is 10.6 Å². The molecule has 2 aromatic heterocycles. The molecule has 0 aliphatic rings. The molecule has 2 aromatic rings. The molecule has 2 unspecified atom stereocenters. The van der Waals surface area contributed by atoms with Crippen LogP contribution in [0.4, 0.5) is 5.13 Å². The van der Waals surface area contributed by atoms with Crippen LogP contribution in [0.3, 0.4) is 0 Å². The van der Waals surface area contributed by atoms with Gasteiger partial charge in [-0.1, -0.05) is 6.07 Å². The Kier molecular flexibility index (Phi) is 4.60. The average Bonchev–Trinajstić information content (AvgIpc) is 2.97. The first kappa shape index (κ1) is 14.5. The Bertz CT molecular complexity index is 517. The summed E-state index contributed by atoms with van der Waals surface area (Å²) < 4.78 is 0. The monoisotopic (exact) mass is 295 g/mol. The van der Waals surface area contributed by atoms with Crippen molar-refractivity contribution < 1.29 is 0 Å². The molecule has 2 rings (SSSR count). The second-order valence-corrected chi connectivity index (χ2v) is 7.02. The molecule has 19 heavy (non-hydrogen) atoms. The summed E-state index contributed by atoms with van der Waals surface area (Å²) in [6.45, 7) is 6.29. The summed E-state index contributed by atoms with van der Waals surface area (Å²) in [6, 6.07) is 4.79.